The molecule has 0 aliphatic carbocycles. The summed E-state index contributed by atoms with van der Waals surface area (Å²) in [5, 5.41) is 11.8. The lowest BCUT2D eigenvalue weighted by atomic mass is 10.0. The maximum atomic E-state index is 12.9. The number of nitrogens with zero attached hydrogens (tertiary/aromatic N) is 1. The van der Waals surface area contributed by atoms with Gasteiger partial charge in [-0.05, 0) is 96.3 Å². The number of rotatable bonds is 70. The van der Waals surface area contributed by atoms with E-state index < -0.39 is 24.3 Å². The third-order valence-electron chi connectivity index (χ3n) is 16.5. The van der Waals surface area contributed by atoms with E-state index in [1.54, 1.807) is 0 Å². The highest BCUT2D eigenvalue weighted by molar-refractivity contribution is 5.70. The van der Waals surface area contributed by atoms with Crippen molar-refractivity contribution in [3.8, 4) is 0 Å². The molecule has 0 aromatic heterocycles. The predicted octanol–water partition coefficient (Wildman–Crippen LogP) is 22.8. The van der Waals surface area contributed by atoms with Crippen LogP contribution in [0.15, 0.2) is 109 Å². The molecule has 0 saturated heterocycles. The Morgan fingerprint density at radius 3 is 0.879 bits per heavy atom. The number of esters is 2. The van der Waals surface area contributed by atoms with Crippen molar-refractivity contribution in [2.75, 3.05) is 47.5 Å². The molecule has 9 heteroatoms. The lowest BCUT2D eigenvalue weighted by molar-refractivity contribution is -0.870. The average Bonchev–Trinajstić information content (AvgIpc) is 3.46. The second kappa shape index (κ2) is 71.8. The van der Waals surface area contributed by atoms with Crippen molar-refractivity contribution < 1.29 is 42.9 Å². The van der Waals surface area contributed by atoms with Gasteiger partial charge in [-0.3, -0.25) is 9.59 Å². The molecule has 0 amide bonds. The Kier molecular flexibility index (Phi) is 68.6. The monoisotopic (exact) mass is 1270 g/mol. The van der Waals surface area contributed by atoms with E-state index in [1.807, 2.05) is 21.1 Å². The van der Waals surface area contributed by atoms with Gasteiger partial charge in [0.15, 0.2) is 12.4 Å². The summed E-state index contributed by atoms with van der Waals surface area (Å²) in [6, 6.07) is 0. The molecule has 0 aromatic rings. The normalized spacial score (nSPS) is 13.3. The number of hydrogen-bond acceptors (Lipinski definition) is 8. The van der Waals surface area contributed by atoms with Crippen molar-refractivity contribution in [3.63, 3.8) is 0 Å². The Morgan fingerprint density at radius 2 is 0.593 bits per heavy atom. The minimum absolute atomic E-state index is 0.145. The Morgan fingerprint density at radius 1 is 0.330 bits per heavy atom. The molecule has 524 valence electrons. The summed E-state index contributed by atoms with van der Waals surface area (Å²) in [7, 11) is 5.94. The van der Waals surface area contributed by atoms with Gasteiger partial charge in [0, 0.05) is 12.8 Å². The van der Waals surface area contributed by atoms with Crippen LogP contribution in [0.3, 0.4) is 0 Å². The quantitative estimate of drug-likeness (QED) is 0.0195. The van der Waals surface area contributed by atoms with E-state index in [1.165, 1.54) is 199 Å². The second-order valence-electron chi connectivity index (χ2n) is 26.5. The molecule has 0 aromatic carbocycles. The third-order valence-corrected chi connectivity index (χ3v) is 16.5. The number of carbonyl (C=O) groups excluding carboxylic acids is 3. The number of carboxylic acids is 1. The number of unbranched alkanes of at least 4 members (excludes halogenated alkanes) is 37. The first-order chi connectivity index (χ1) is 44.6. The fourth-order valence-corrected chi connectivity index (χ4v) is 10.8. The average molecular weight is 1270 g/mol. The Balaban J connectivity index is 4.00. The number of ether oxygens (including phenoxy) is 4. The van der Waals surface area contributed by atoms with Crippen LogP contribution in [-0.2, 0) is 33.3 Å². The predicted molar refractivity (Wildman–Crippen MR) is 389 cm³/mol. The van der Waals surface area contributed by atoms with E-state index in [-0.39, 0.29) is 32.2 Å². The summed E-state index contributed by atoms with van der Waals surface area (Å²) in [5.41, 5.74) is 0. The molecule has 0 bridgehead atoms. The SMILES string of the molecule is CC/C=C\C/C=C\C/C=C\C/C=C\C/C=C\CCCCCCCCCCCCCC(=O)OC(COC(=O)CCCCCCCCCCCCCCCCCCCCCCCCCCCC/C=C\C/C=C\C/C=C\C/C=C\CC)COC(OCC[N+](C)(C)C)C(=O)[O-]. The van der Waals surface area contributed by atoms with E-state index in [9.17, 15) is 19.5 Å². The van der Waals surface area contributed by atoms with Gasteiger partial charge in [-0.25, -0.2) is 0 Å². The zero-order valence-corrected chi connectivity index (χ0v) is 59.9. The highest BCUT2D eigenvalue weighted by Gasteiger charge is 2.22. The van der Waals surface area contributed by atoms with Crippen LogP contribution >= 0.6 is 0 Å². The molecule has 0 heterocycles. The van der Waals surface area contributed by atoms with Crippen molar-refractivity contribution in [1.82, 2.24) is 0 Å². The van der Waals surface area contributed by atoms with Crippen molar-refractivity contribution in [3.05, 3.63) is 109 Å². The summed E-state index contributed by atoms with van der Waals surface area (Å²) in [6.45, 7) is 4.55. The van der Waals surface area contributed by atoms with Gasteiger partial charge in [0.25, 0.3) is 0 Å². The fourth-order valence-electron chi connectivity index (χ4n) is 10.8. The maximum Gasteiger partial charge on any atom is 0.306 e. The van der Waals surface area contributed by atoms with Crippen LogP contribution in [0.4, 0.5) is 0 Å². The Hall–Kier alpha value is -4.05. The molecule has 9 nitrogen and oxygen atoms in total. The molecule has 2 unspecified atom stereocenters. The van der Waals surface area contributed by atoms with Crippen LogP contribution in [0.25, 0.3) is 0 Å². The zero-order valence-electron chi connectivity index (χ0n) is 59.9. The van der Waals surface area contributed by atoms with Crippen LogP contribution in [-0.4, -0.2) is 82.3 Å². The highest BCUT2D eigenvalue weighted by atomic mass is 16.7. The molecule has 0 saturated carbocycles. The van der Waals surface area contributed by atoms with Crippen LogP contribution in [0.5, 0.6) is 0 Å². The van der Waals surface area contributed by atoms with Gasteiger partial charge in [-0.15, -0.1) is 0 Å². The first kappa shape index (κ1) is 87.0. The van der Waals surface area contributed by atoms with Gasteiger partial charge < -0.3 is 33.3 Å². The minimum Gasteiger partial charge on any atom is -0.545 e. The zero-order chi connectivity index (χ0) is 66.1. The smallest absolute Gasteiger partial charge is 0.306 e. The van der Waals surface area contributed by atoms with E-state index in [0.717, 1.165) is 103 Å². The summed E-state index contributed by atoms with van der Waals surface area (Å²) in [5.74, 6) is -2.27. The largest absolute Gasteiger partial charge is 0.545 e. The molecule has 0 N–H and O–H groups in total. The van der Waals surface area contributed by atoms with Crippen LogP contribution < -0.4 is 5.11 Å². The summed E-state index contributed by atoms with van der Waals surface area (Å²) in [6.07, 6.45) is 97.7. The molecular weight excluding hydrogens is 1130 g/mol. The van der Waals surface area contributed by atoms with Crippen LogP contribution in [0, 0.1) is 0 Å². The highest BCUT2D eigenvalue weighted by Crippen LogP contribution is 2.18. The van der Waals surface area contributed by atoms with E-state index in [2.05, 4.69) is 123 Å². The van der Waals surface area contributed by atoms with E-state index in [0.29, 0.717) is 23.9 Å². The van der Waals surface area contributed by atoms with Crippen molar-refractivity contribution >= 4 is 17.9 Å². The van der Waals surface area contributed by atoms with Crippen molar-refractivity contribution in [2.45, 2.75) is 347 Å². The molecule has 0 spiro atoms. The molecule has 91 heavy (non-hydrogen) atoms. The fraction of sp³-hybridized carbons (Fsp3) is 0.744. The van der Waals surface area contributed by atoms with Gasteiger partial charge in [0.1, 0.15) is 13.2 Å². The van der Waals surface area contributed by atoms with E-state index in [4.69, 9.17) is 18.9 Å². The number of aliphatic carboxylic acids is 1. The van der Waals surface area contributed by atoms with Crippen LogP contribution in [0.1, 0.15) is 335 Å². The molecule has 0 fully saturated rings. The number of carbonyl (C=O) groups is 3. The van der Waals surface area contributed by atoms with Crippen molar-refractivity contribution in [2.24, 2.45) is 0 Å². The molecule has 0 aliphatic rings. The van der Waals surface area contributed by atoms with E-state index >= 15 is 0 Å². The number of quaternary nitrogens is 1. The number of carboxylic acid groups (broad SMARTS) is 1. The minimum atomic E-state index is -1.63. The number of hydrogen-bond donors (Lipinski definition) is 0. The van der Waals surface area contributed by atoms with Gasteiger partial charge >= 0.3 is 11.9 Å². The number of likely N-dealkylation sites (N-methyl/N-ethyl adjacent to an activating group) is 1. The third kappa shape index (κ3) is 73.2. The van der Waals surface area contributed by atoms with Gasteiger partial charge in [-0.1, -0.05) is 335 Å². The molecular formula is C82H143NO8. The molecule has 0 rings (SSSR count). The molecule has 2 atom stereocenters. The number of allylic oxidation sites excluding steroid dienone is 18. The maximum absolute atomic E-state index is 12.9. The van der Waals surface area contributed by atoms with Crippen molar-refractivity contribution in [1.29, 1.82) is 0 Å². The van der Waals surface area contributed by atoms with Gasteiger partial charge in [-0.2, -0.15) is 0 Å². The molecule has 0 radical (unpaired) electrons. The lowest BCUT2D eigenvalue weighted by Gasteiger charge is -2.26. The summed E-state index contributed by atoms with van der Waals surface area (Å²) >= 11 is 0. The second-order valence-corrected chi connectivity index (χ2v) is 26.5. The first-order valence-electron chi connectivity index (χ1n) is 38.0. The Labute approximate surface area is 562 Å². The van der Waals surface area contributed by atoms with Gasteiger partial charge in [0.2, 0.25) is 0 Å². The topological polar surface area (TPSA) is 111 Å². The Bertz CT molecular complexity index is 1870. The first-order valence-corrected chi connectivity index (χ1v) is 38.0. The molecule has 0 aliphatic heterocycles. The lowest BCUT2D eigenvalue weighted by Crippen LogP contribution is -2.44. The van der Waals surface area contributed by atoms with Crippen LogP contribution in [0.2, 0.25) is 0 Å². The standard InChI is InChI=1S/C82H143NO8/c1-6-8-10-12-14-16-18-20-22-24-26-28-30-32-34-35-36-37-38-39-40-41-42-43-44-45-47-48-50-52-54-56-58-60-62-64-66-68-70-72-79(84)89-76-78(77-90-82(81(86)87)88-75-74-83(3,4)5)91-80(85)73-71-69-67-65-63-61-59-57-55-53-51-49-46-33-31-29-27-25-23-21-19-17-15-13-11-9-7-2/h8-11,14-17,20-23,26-29,33,46,78,82H,6-7,12-13,18-19,24-25,30-32,34-45,47-77H2,1-5H3/b10-8-,11-9-,16-14-,17-15-,22-20-,23-21-,28-26-,29-27-,46-33-. The van der Waals surface area contributed by atoms with Gasteiger partial charge in [0.05, 0.1) is 40.3 Å². The summed E-state index contributed by atoms with van der Waals surface area (Å²) < 4.78 is 22.8. The summed E-state index contributed by atoms with van der Waals surface area (Å²) in [4.78, 5) is 37.6.